The van der Waals surface area contributed by atoms with Crippen LogP contribution in [0.2, 0.25) is 0 Å². The molecule has 1 saturated carbocycles. The monoisotopic (exact) mass is 406 g/mol. The number of hydrogen-bond donors (Lipinski definition) is 0. The van der Waals surface area contributed by atoms with Gasteiger partial charge in [0.05, 0.1) is 29.4 Å². The third kappa shape index (κ3) is 4.00. The largest absolute Gasteiger partial charge is 0.477 e. The van der Waals surface area contributed by atoms with Crippen molar-refractivity contribution in [3.05, 3.63) is 53.0 Å². The van der Waals surface area contributed by atoms with Gasteiger partial charge in [0.25, 0.3) is 5.56 Å². The number of rotatable bonds is 6. The number of aromatic nitrogens is 4. The van der Waals surface area contributed by atoms with Crippen LogP contribution in [0.25, 0.3) is 10.9 Å². The van der Waals surface area contributed by atoms with Gasteiger partial charge in [-0.1, -0.05) is 0 Å². The number of piperazine rings is 1. The molecule has 1 aliphatic heterocycles. The minimum atomic E-state index is -0.0655. The van der Waals surface area contributed by atoms with Crippen molar-refractivity contribution in [1.29, 1.82) is 0 Å². The molecule has 0 spiro atoms. The Morgan fingerprint density at radius 3 is 2.73 bits per heavy atom. The molecule has 2 aromatic heterocycles. The van der Waals surface area contributed by atoms with Crippen LogP contribution in [-0.4, -0.2) is 57.2 Å². The Morgan fingerprint density at radius 2 is 1.93 bits per heavy atom. The third-order valence-electron chi connectivity index (χ3n) is 6.03. The van der Waals surface area contributed by atoms with E-state index in [-0.39, 0.29) is 5.56 Å². The molecule has 1 saturated heterocycles. The fourth-order valence-corrected chi connectivity index (χ4v) is 3.86. The van der Waals surface area contributed by atoms with Gasteiger partial charge in [0.1, 0.15) is 6.33 Å². The molecule has 2 fully saturated rings. The minimum absolute atomic E-state index is 0.0655. The van der Waals surface area contributed by atoms with Crippen LogP contribution in [0.1, 0.15) is 18.5 Å². The van der Waals surface area contributed by atoms with Gasteiger partial charge in [-0.2, -0.15) is 0 Å². The summed E-state index contributed by atoms with van der Waals surface area (Å²) >= 11 is 0. The van der Waals surface area contributed by atoms with E-state index in [1.165, 1.54) is 24.7 Å². The molecule has 1 aromatic carbocycles. The van der Waals surface area contributed by atoms with Gasteiger partial charge >= 0.3 is 0 Å². The van der Waals surface area contributed by atoms with Crippen molar-refractivity contribution in [1.82, 2.24) is 24.4 Å². The molecule has 3 heterocycles. The molecule has 8 nitrogen and oxygen atoms in total. The average molecular weight is 406 g/mol. The van der Waals surface area contributed by atoms with E-state index in [1.807, 2.05) is 6.07 Å². The summed E-state index contributed by atoms with van der Waals surface area (Å²) in [7, 11) is 1.80. The highest BCUT2D eigenvalue weighted by Crippen LogP contribution is 2.32. The van der Waals surface area contributed by atoms with E-state index in [2.05, 4.69) is 36.9 Å². The Morgan fingerprint density at radius 1 is 1.10 bits per heavy atom. The molecular formula is C22H26N6O2. The SMILES string of the molecule is Cn1c(CN2CCN(c3ccc4ncnc(OCC5CC5)c4c3)CC2)cncc1=O. The maximum absolute atomic E-state index is 11.8. The first-order valence-corrected chi connectivity index (χ1v) is 10.5. The van der Waals surface area contributed by atoms with Crippen LogP contribution >= 0.6 is 0 Å². The van der Waals surface area contributed by atoms with Gasteiger partial charge in [0.2, 0.25) is 5.88 Å². The quantitative estimate of drug-likeness (QED) is 0.618. The van der Waals surface area contributed by atoms with Crippen molar-refractivity contribution in [3.63, 3.8) is 0 Å². The standard InChI is InChI=1S/C22H26N6O2/c1-26-18(11-23-12-21(26)29)13-27-6-8-28(9-7-27)17-4-5-20-19(10-17)22(25-15-24-20)30-14-16-2-3-16/h4-5,10-12,15-16H,2-3,6-9,13-14H2,1H3. The van der Waals surface area contributed by atoms with Crippen molar-refractivity contribution in [3.8, 4) is 5.88 Å². The van der Waals surface area contributed by atoms with Gasteiger partial charge in [0, 0.05) is 51.7 Å². The molecule has 0 radical (unpaired) electrons. The van der Waals surface area contributed by atoms with Crippen molar-refractivity contribution < 1.29 is 4.74 Å². The highest BCUT2D eigenvalue weighted by Gasteiger charge is 2.23. The van der Waals surface area contributed by atoms with Gasteiger partial charge in [-0.25, -0.2) is 9.97 Å². The normalized spacial score (nSPS) is 17.4. The molecule has 3 aromatic rings. The number of anilines is 1. The van der Waals surface area contributed by atoms with E-state index in [1.54, 1.807) is 24.1 Å². The highest BCUT2D eigenvalue weighted by atomic mass is 16.5. The van der Waals surface area contributed by atoms with Crippen molar-refractivity contribution >= 4 is 16.6 Å². The van der Waals surface area contributed by atoms with Crippen LogP contribution in [0, 0.1) is 5.92 Å². The van der Waals surface area contributed by atoms with Gasteiger partial charge in [-0.05, 0) is 37.0 Å². The topological polar surface area (TPSA) is 76.4 Å². The minimum Gasteiger partial charge on any atom is -0.477 e. The number of hydrogen-bond acceptors (Lipinski definition) is 7. The molecule has 8 heteroatoms. The lowest BCUT2D eigenvalue weighted by Crippen LogP contribution is -2.46. The summed E-state index contributed by atoms with van der Waals surface area (Å²) < 4.78 is 7.65. The average Bonchev–Trinajstić information content (AvgIpc) is 3.60. The first-order valence-electron chi connectivity index (χ1n) is 10.5. The van der Waals surface area contributed by atoms with E-state index in [9.17, 15) is 4.79 Å². The molecule has 2 aliphatic rings. The zero-order chi connectivity index (χ0) is 20.5. The van der Waals surface area contributed by atoms with E-state index in [0.29, 0.717) is 11.8 Å². The summed E-state index contributed by atoms with van der Waals surface area (Å²) in [4.78, 5) is 29.4. The van der Waals surface area contributed by atoms with Gasteiger partial charge in [0.15, 0.2) is 0 Å². The smallest absolute Gasteiger partial charge is 0.268 e. The van der Waals surface area contributed by atoms with Crippen LogP contribution in [0.3, 0.4) is 0 Å². The molecule has 1 aliphatic carbocycles. The number of nitrogens with zero attached hydrogens (tertiary/aromatic N) is 6. The van der Waals surface area contributed by atoms with Crippen LogP contribution in [-0.2, 0) is 13.6 Å². The van der Waals surface area contributed by atoms with Crippen molar-refractivity contribution in [2.24, 2.45) is 13.0 Å². The first kappa shape index (κ1) is 19.0. The fraction of sp³-hybridized carbons (Fsp3) is 0.455. The Hall–Kier alpha value is -3.00. The Bertz CT molecular complexity index is 1100. The zero-order valence-electron chi connectivity index (χ0n) is 17.2. The summed E-state index contributed by atoms with van der Waals surface area (Å²) in [6.07, 6.45) is 7.22. The highest BCUT2D eigenvalue weighted by molar-refractivity contribution is 5.86. The molecule has 0 N–H and O–H groups in total. The molecule has 0 unspecified atom stereocenters. The third-order valence-corrected chi connectivity index (χ3v) is 6.03. The van der Waals surface area contributed by atoms with Crippen LogP contribution in [0.15, 0.2) is 41.7 Å². The number of fused-ring (bicyclic) bond motifs is 1. The maximum Gasteiger partial charge on any atom is 0.268 e. The molecule has 156 valence electrons. The molecule has 0 amide bonds. The Kier molecular flexibility index (Phi) is 5.08. The van der Waals surface area contributed by atoms with Crippen molar-refractivity contribution in [2.75, 3.05) is 37.7 Å². The van der Waals surface area contributed by atoms with Crippen LogP contribution in [0.4, 0.5) is 5.69 Å². The number of benzene rings is 1. The first-order chi connectivity index (χ1) is 14.7. The molecular weight excluding hydrogens is 380 g/mol. The van der Waals surface area contributed by atoms with Crippen LogP contribution in [0.5, 0.6) is 5.88 Å². The van der Waals surface area contributed by atoms with E-state index < -0.39 is 0 Å². The van der Waals surface area contributed by atoms with Crippen molar-refractivity contribution in [2.45, 2.75) is 19.4 Å². The lowest BCUT2D eigenvalue weighted by Gasteiger charge is -2.36. The summed E-state index contributed by atoms with van der Waals surface area (Å²) in [6.45, 7) is 5.18. The summed E-state index contributed by atoms with van der Waals surface area (Å²) in [5.74, 6) is 1.37. The zero-order valence-corrected chi connectivity index (χ0v) is 17.2. The van der Waals surface area contributed by atoms with Gasteiger partial charge in [-0.3, -0.25) is 14.7 Å². The maximum atomic E-state index is 11.8. The predicted molar refractivity (Wildman–Crippen MR) is 115 cm³/mol. The molecule has 0 bridgehead atoms. The predicted octanol–water partition coefficient (Wildman–Crippen LogP) is 1.83. The van der Waals surface area contributed by atoms with E-state index in [4.69, 9.17) is 4.74 Å². The Labute approximate surface area is 175 Å². The summed E-state index contributed by atoms with van der Waals surface area (Å²) in [5.41, 5.74) is 2.96. The Balaban J connectivity index is 1.27. The van der Waals surface area contributed by atoms with E-state index in [0.717, 1.165) is 55.9 Å². The molecule has 30 heavy (non-hydrogen) atoms. The van der Waals surface area contributed by atoms with E-state index >= 15 is 0 Å². The second-order valence-corrected chi connectivity index (χ2v) is 8.19. The fourth-order valence-electron chi connectivity index (χ4n) is 3.86. The van der Waals surface area contributed by atoms with Gasteiger partial charge in [-0.15, -0.1) is 0 Å². The number of ether oxygens (including phenoxy) is 1. The molecule has 5 rings (SSSR count). The van der Waals surface area contributed by atoms with Gasteiger partial charge < -0.3 is 14.2 Å². The lowest BCUT2D eigenvalue weighted by atomic mass is 10.2. The lowest BCUT2D eigenvalue weighted by molar-refractivity contribution is 0.243. The van der Waals surface area contributed by atoms with Crippen LogP contribution < -0.4 is 15.2 Å². The second kappa shape index (κ2) is 8.02. The summed E-state index contributed by atoms with van der Waals surface area (Å²) in [5, 5.41) is 0.975. The second-order valence-electron chi connectivity index (χ2n) is 8.19. The molecule has 0 atom stereocenters. The summed E-state index contributed by atoms with van der Waals surface area (Å²) in [6, 6.07) is 6.33.